The van der Waals surface area contributed by atoms with Gasteiger partial charge in [0.25, 0.3) is 0 Å². The number of carbonyl (C=O) groups is 5. The van der Waals surface area contributed by atoms with E-state index in [1.165, 1.54) is 0 Å². The lowest BCUT2D eigenvalue weighted by molar-refractivity contribution is -0.198. The molecule has 0 radical (unpaired) electrons. The standard InChI is InChI=1S/C25H33NO11/c1-14(27)33-20-19(36-23(35-16(3)29)21(20)34-15(2)28)18(22(30)32-7)26(24(31)37-25(4,5)6)13-17-11-9-8-10-12-17/h8-12,18-21,23H,13H2,1-7H3/t18-,19+,20+,21+,23-/m0/s1. The van der Waals surface area contributed by atoms with E-state index in [1.807, 2.05) is 0 Å². The molecule has 37 heavy (non-hydrogen) atoms. The minimum absolute atomic E-state index is 0.126. The Kier molecular flexibility index (Phi) is 10.0. The van der Waals surface area contributed by atoms with Crippen LogP contribution in [0.1, 0.15) is 47.1 Å². The molecule has 204 valence electrons. The van der Waals surface area contributed by atoms with E-state index >= 15 is 0 Å². The summed E-state index contributed by atoms with van der Waals surface area (Å²) in [6, 6.07) is 7.17. The molecule has 0 spiro atoms. The number of hydrogen-bond acceptors (Lipinski definition) is 11. The van der Waals surface area contributed by atoms with Crippen molar-refractivity contribution in [2.45, 2.75) is 84.3 Å². The van der Waals surface area contributed by atoms with Crippen LogP contribution in [-0.2, 0) is 54.1 Å². The van der Waals surface area contributed by atoms with Gasteiger partial charge in [0.05, 0.1) is 13.7 Å². The molecule has 1 aromatic carbocycles. The molecule has 0 unspecified atom stereocenters. The largest absolute Gasteiger partial charge is 0.467 e. The predicted octanol–water partition coefficient (Wildman–Crippen LogP) is 2.12. The summed E-state index contributed by atoms with van der Waals surface area (Å²) in [5.74, 6) is -3.30. The summed E-state index contributed by atoms with van der Waals surface area (Å²) in [7, 11) is 1.11. The molecular weight excluding hydrogens is 490 g/mol. The zero-order chi connectivity index (χ0) is 27.9. The zero-order valence-corrected chi connectivity index (χ0v) is 21.9. The molecule has 1 aliphatic rings. The van der Waals surface area contributed by atoms with Gasteiger partial charge in [-0.15, -0.1) is 0 Å². The fourth-order valence-electron chi connectivity index (χ4n) is 3.74. The van der Waals surface area contributed by atoms with Gasteiger partial charge in [-0.25, -0.2) is 9.59 Å². The first-order chi connectivity index (χ1) is 17.2. The Bertz CT molecular complexity index is 988. The van der Waals surface area contributed by atoms with Gasteiger partial charge in [-0.3, -0.25) is 19.3 Å². The summed E-state index contributed by atoms with van der Waals surface area (Å²) in [6.07, 6.45) is -6.78. The number of nitrogens with zero attached hydrogens (tertiary/aromatic N) is 1. The zero-order valence-electron chi connectivity index (χ0n) is 21.9. The van der Waals surface area contributed by atoms with Crippen LogP contribution < -0.4 is 0 Å². The number of methoxy groups -OCH3 is 1. The van der Waals surface area contributed by atoms with E-state index < -0.39 is 66.2 Å². The van der Waals surface area contributed by atoms with E-state index in [4.69, 9.17) is 28.4 Å². The van der Waals surface area contributed by atoms with E-state index in [2.05, 4.69) is 0 Å². The van der Waals surface area contributed by atoms with Crippen LogP contribution in [0.25, 0.3) is 0 Å². The number of ether oxygens (including phenoxy) is 6. The quantitative estimate of drug-likeness (QED) is 0.365. The van der Waals surface area contributed by atoms with Gasteiger partial charge >= 0.3 is 30.0 Å². The van der Waals surface area contributed by atoms with Gasteiger partial charge in [-0.1, -0.05) is 30.3 Å². The van der Waals surface area contributed by atoms with Crippen LogP contribution in [-0.4, -0.2) is 78.2 Å². The monoisotopic (exact) mass is 523 g/mol. The van der Waals surface area contributed by atoms with Crippen LogP contribution in [0.2, 0.25) is 0 Å². The van der Waals surface area contributed by atoms with E-state index in [9.17, 15) is 24.0 Å². The van der Waals surface area contributed by atoms with Crippen molar-refractivity contribution in [1.82, 2.24) is 4.90 Å². The lowest BCUT2D eigenvalue weighted by Crippen LogP contribution is -2.57. The Hall–Kier alpha value is -3.67. The summed E-state index contributed by atoms with van der Waals surface area (Å²) in [6.45, 7) is 8.13. The molecule has 1 fully saturated rings. The molecule has 0 saturated carbocycles. The summed E-state index contributed by atoms with van der Waals surface area (Å²) in [5, 5.41) is 0. The molecule has 0 aromatic heterocycles. The second-order valence-electron chi connectivity index (χ2n) is 9.29. The lowest BCUT2D eigenvalue weighted by Gasteiger charge is -2.36. The maximum absolute atomic E-state index is 13.4. The summed E-state index contributed by atoms with van der Waals surface area (Å²) in [4.78, 5) is 63.2. The smallest absolute Gasteiger partial charge is 0.411 e. The van der Waals surface area contributed by atoms with Gasteiger partial charge in [0.1, 0.15) is 11.7 Å². The van der Waals surface area contributed by atoms with Gasteiger partial charge in [0, 0.05) is 20.8 Å². The first kappa shape index (κ1) is 29.6. The Balaban J connectivity index is 2.63. The van der Waals surface area contributed by atoms with Gasteiger partial charge < -0.3 is 28.4 Å². The fourth-order valence-corrected chi connectivity index (χ4v) is 3.74. The molecule has 0 bridgehead atoms. The van der Waals surface area contributed by atoms with Crippen LogP contribution in [0, 0.1) is 0 Å². The lowest BCUT2D eigenvalue weighted by atomic mass is 10.0. The Morgan fingerprint density at radius 1 is 0.892 bits per heavy atom. The normalized spacial score (nSPS) is 21.8. The van der Waals surface area contributed by atoms with Crippen LogP contribution in [0.3, 0.4) is 0 Å². The van der Waals surface area contributed by atoms with Crippen LogP contribution in [0.4, 0.5) is 4.79 Å². The van der Waals surface area contributed by atoms with Crippen molar-refractivity contribution < 1.29 is 52.4 Å². The van der Waals surface area contributed by atoms with Crippen LogP contribution in [0.15, 0.2) is 30.3 Å². The highest BCUT2D eigenvalue weighted by Gasteiger charge is 2.57. The third kappa shape index (κ3) is 8.45. The maximum Gasteiger partial charge on any atom is 0.411 e. The van der Waals surface area contributed by atoms with Crippen molar-refractivity contribution in [3.8, 4) is 0 Å². The highest BCUT2D eigenvalue weighted by atomic mass is 16.7. The number of esters is 4. The molecule has 12 nitrogen and oxygen atoms in total. The van der Waals surface area contributed by atoms with Crippen LogP contribution in [0.5, 0.6) is 0 Å². The van der Waals surface area contributed by atoms with Crippen molar-refractivity contribution in [2.75, 3.05) is 7.11 Å². The molecule has 1 aliphatic heterocycles. The molecule has 1 amide bonds. The minimum Gasteiger partial charge on any atom is -0.467 e. The number of hydrogen-bond donors (Lipinski definition) is 0. The first-order valence-corrected chi connectivity index (χ1v) is 11.5. The van der Waals surface area contributed by atoms with Crippen molar-refractivity contribution in [3.05, 3.63) is 35.9 Å². The van der Waals surface area contributed by atoms with E-state index in [0.29, 0.717) is 5.56 Å². The highest BCUT2D eigenvalue weighted by Crippen LogP contribution is 2.33. The Labute approximate surface area is 215 Å². The summed E-state index contributed by atoms with van der Waals surface area (Å²) in [5.41, 5.74) is -0.295. The first-order valence-electron chi connectivity index (χ1n) is 11.5. The maximum atomic E-state index is 13.4. The molecule has 0 N–H and O–H groups in total. The molecule has 2 rings (SSSR count). The minimum atomic E-state index is -1.57. The topological polar surface area (TPSA) is 144 Å². The number of amides is 1. The van der Waals surface area contributed by atoms with Gasteiger partial charge in [-0.2, -0.15) is 0 Å². The third-order valence-electron chi connectivity index (χ3n) is 5.01. The molecule has 1 aromatic rings. The third-order valence-corrected chi connectivity index (χ3v) is 5.01. The Morgan fingerprint density at radius 2 is 1.43 bits per heavy atom. The van der Waals surface area contributed by atoms with Crippen molar-refractivity contribution in [2.24, 2.45) is 0 Å². The van der Waals surface area contributed by atoms with Crippen LogP contribution >= 0.6 is 0 Å². The Morgan fingerprint density at radius 3 is 1.92 bits per heavy atom. The second-order valence-corrected chi connectivity index (χ2v) is 9.29. The van der Waals surface area contributed by atoms with E-state index in [1.54, 1.807) is 51.1 Å². The molecule has 1 heterocycles. The van der Waals surface area contributed by atoms with Crippen molar-refractivity contribution in [3.63, 3.8) is 0 Å². The van der Waals surface area contributed by atoms with Crippen molar-refractivity contribution in [1.29, 1.82) is 0 Å². The van der Waals surface area contributed by atoms with Gasteiger partial charge in [-0.05, 0) is 26.3 Å². The average molecular weight is 524 g/mol. The van der Waals surface area contributed by atoms with Gasteiger partial charge in [0.2, 0.25) is 12.4 Å². The average Bonchev–Trinajstić information content (AvgIpc) is 3.07. The van der Waals surface area contributed by atoms with E-state index in [-0.39, 0.29) is 6.54 Å². The van der Waals surface area contributed by atoms with Crippen molar-refractivity contribution >= 4 is 30.0 Å². The fraction of sp³-hybridized carbons (Fsp3) is 0.560. The molecule has 5 atom stereocenters. The summed E-state index contributed by atoms with van der Waals surface area (Å²) < 4.78 is 32.2. The highest BCUT2D eigenvalue weighted by molar-refractivity contribution is 5.82. The second kappa shape index (κ2) is 12.5. The number of rotatable bonds is 8. The van der Waals surface area contributed by atoms with Gasteiger partial charge in [0.15, 0.2) is 12.1 Å². The molecular formula is C25H33NO11. The molecule has 1 saturated heterocycles. The number of benzene rings is 1. The van der Waals surface area contributed by atoms with E-state index in [0.717, 1.165) is 32.8 Å². The molecule has 12 heteroatoms. The summed E-state index contributed by atoms with van der Waals surface area (Å²) >= 11 is 0. The molecule has 0 aliphatic carbocycles. The predicted molar refractivity (Wildman–Crippen MR) is 126 cm³/mol. The SMILES string of the molecule is COC(=O)[C@H]([C@H]1O[C@H](OC(C)=O)[C@H](OC(C)=O)[C@@H]1OC(C)=O)N(Cc1ccccc1)C(=O)OC(C)(C)C. The number of carbonyl (C=O) groups excluding carboxylic acids is 5.